The Morgan fingerprint density at radius 3 is 2.66 bits per heavy atom. The lowest BCUT2D eigenvalue weighted by molar-refractivity contribution is -0.139. The zero-order chi connectivity index (χ0) is 21.2. The summed E-state index contributed by atoms with van der Waals surface area (Å²) in [5.41, 5.74) is 3.96. The number of benzene rings is 1. The fourth-order valence-electron chi connectivity index (χ4n) is 4.32. The fraction of sp³-hybridized carbons (Fsp3) is 0.500. The third-order valence-corrected chi connectivity index (χ3v) is 6.64. The molecule has 0 spiro atoms. The summed E-state index contributed by atoms with van der Waals surface area (Å²) in [5, 5.41) is 3.39. The minimum Gasteiger partial charge on any atom is -0.462 e. The van der Waals surface area contributed by atoms with E-state index < -0.39 is 0 Å². The molecule has 1 aromatic rings. The Kier molecular flexibility index (Phi) is 6.87. The first kappa shape index (κ1) is 22.1. The van der Waals surface area contributed by atoms with Gasteiger partial charge in [0.25, 0.3) is 0 Å². The van der Waals surface area contributed by atoms with Gasteiger partial charge in [-0.1, -0.05) is 51.8 Å². The third kappa shape index (κ3) is 4.76. The Bertz CT molecular complexity index is 882. The molecule has 156 valence electrons. The molecule has 0 saturated heterocycles. The molecule has 0 amide bonds. The molecule has 1 heterocycles. The van der Waals surface area contributed by atoms with Gasteiger partial charge in [-0.2, -0.15) is 0 Å². The monoisotopic (exact) mass is 507 g/mol. The second-order valence-electron chi connectivity index (χ2n) is 8.79. The molecule has 29 heavy (non-hydrogen) atoms. The molecule has 0 fully saturated rings. The fourth-order valence-corrected chi connectivity index (χ4v) is 5.02. The number of ketones is 1. The number of halogens is 1. The Morgan fingerprint density at radius 2 is 1.97 bits per heavy atom. The highest BCUT2D eigenvalue weighted by Gasteiger charge is 2.43. The maximum absolute atomic E-state index is 13.2. The molecule has 1 aliphatic carbocycles. The van der Waals surface area contributed by atoms with Crippen molar-refractivity contribution < 1.29 is 14.3 Å². The first-order valence-electron chi connectivity index (χ1n) is 10.4. The highest BCUT2D eigenvalue weighted by molar-refractivity contribution is 14.1. The van der Waals surface area contributed by atoms with Gasteiger partial charge in [0.05, 0.1) is 12.2 Å². The summed E-state index contributed by atoms with van der Waals surface area (Å²) >= 11 is 2.29. The van der Waals surface area contributed by atoms with Crippen molar-refractivity contribution in [1.82, 2.24) is 5.32 Å². The van der Waals surface area contributed by atoms with Gasteiger partial charge in [0.15, 0.2) is 5.78 Å². The lowest BCUT2D eigenvalue weighted by Crippen LogP contribution is -2.39. The van der Waals surface area contributed by atoms with Crippen LogP contribution in [0.1, 0.15) is 71.3 Å². The van der Waals surface area contributed by atoms with E-state index >= 15 is 0 Å². The van der Waals surface area contributed by atoms with E-state index in [0.29, 0.717) is 18.6 Å². The summed E-state index contributed by atoms with van der Waals surface area (Å²) < 4.78 is 6.68. The van der Waals surface area contributed by atoms with Crippen molar-refractivity contribution in [1.29, 1.82) is 0 Å². The Labute approximate surface area is 187 Å². The number of esters is 1. The van der Waals surface area contributed by atoms with Crippen molar-refractivity contribution >= 4 is 34.3 Å². The van der Waals surface area contributed by atoms with Crippen molar-refractivity contribution in [2.45, 2.75) is 65.7 Å². The van der Waals surface area contributed by atoms with Crippen LogP contribution in [0, 0.1) is 8.99 Å². The van der Waals surface area contributed by atoms with Gasteiger partial charge in [0.1, 0.15) is 0 Å². The number of nitrogens with one attached hydrogen (secondary N) is 1. The van der Waals surface area contributed by atoms with Gasteiger partial charge in [0, 0.05) is 32.9 Å². The average molecular weight is 507 g/mol. The second-order valence-corrected chi connectivity index (χ2v) is 9.96. The van der Waals surface area contributed by atoms with E-state index in [1.807, 2.05) is 31.2 Å². The molecule has 1 aromatic carbocycles. The lowest BCUT2D eigenvalue weighted by atomic mass is 9.68. The van der Waals surface area contributed by atoms with Crippen LogP contribution in [0.5, 0.6) is 0 Å². The quantitative estimate of drug-likeness (QED) is 0.308. The van der Waals surface area contributed by atoms with Crippen LogP contribution in [0.3, 0.4) is 0 Å². The molecular weight excluding hydrogens is 477 g/mol. The molecule has 4 nitrogen and oxygen atoms in total. The second kappa shape index (κ2) is 9.02. The van der Waals surface area contributed by atoms with Gasteiger partial charge in [0.2, 0.25) is 0 Å². The number of hydrogen-bond donors (Lipinski definition) is 1. The standard InChI is InChI=1S/C24H30INO3/c1-5-6-9-12-29-23(28)20-15(2)26-18-13-24(3,4)14-19(27)22(18)21(20)16-10-7-8-11-17(16)25/h7-8,10-11,21,26H,5-6,9,12-14H2,1-4H3. The number of Topliss-reactive ketones (excluding diaryl/α,β-unsaturated/α-hetero) is 1. The van der Waals surface area contributed by atoms with Crippen LogP contribution in [0.25, 0.3) is 0 Å². The Morgan fingerprint density at radius 1 is 1.24 bits per heavy atom. The lowest BCUT2D eigenvalue weighted by Gasteiger charge is -2.39. The third-order valence-electron chi connectivity index (χ3n) is 5.66. The smallest absolute Gasteiger partial charge is 0.336 e. The summed E-state index contributed by atoms with van der Waals surface area (Å²) in [4.78, 5) is 26.4. The summed E-state index contributed by atoms with van der Waals surface area (Å²) in [6, 6.07) is 7.99. The molecular formula is C24H30INO3. The number of dihydropyridines is 1. The van der Waals surface area contributed by atoms with Gasteiger partial charge < -0.3 is 10.1 Å². The summed E-state index contributed by atoms with van der Waals surface area (Å²) in [5.74, 6) is -0.571. The minimum absolute atomic E-state index is 0.0875. The van der Waals surface area contributed by atoms with Crippen LogP contribution in [0.4, 0.5) is 0 Å². The van der Waals surface area contributed by atoms with Crippen LogP contribution >= 0.6 is 22.6 Å². The minimum atomic E-state index is -0.373. The van der Waals surface area contributed by atoms with Crippen molar-refractivity contribution in [2.75, 3.05) is 6.61 Å². The van der Waals surface area contributed by atoms with Crippen LogP contribution in [-0.2, 0) is 14.3 Å². The van der Waals surface area contributed by atoms with Gasteiger partial charge in [-0.15, -0.1) is 0 Å². The highest BCUT2D eigenvalue weighted by Crippen LogP contribution is 2.47. The number of carbonyl (C=O) groups is 2. The van der Waals surface area contributed by atoms with E-state index in [-0.39, 0.29) is 23.1 Å². The summed E-state index contributed by atoms with van der Waals surface area (Å²) in [7, 11) is 0. The predicted molar refractivity (Wildman–Crippen MR) is 123 cm³/mol. The van der Waals surface area contributed by atoms with Gasteiger partial charge >= 0.3 is 5.97 Å². The van der Waals surface area contributed by atoms with Gasteiger partial charge in [-0.05, 0) is 59.4 Å². The molecule has 0 bridgehead atoms. The maximum atomic E-state index is 13.2. The molecule has 3 rings (SSSR count). The first-order valence-corrected chi connectivity index (χ1v) is 11.5. The SMILES string of the molecule is CCCCCOC(=O)C1=C(C)NC2=C(C(=O)CC(C)(C)C2)C1c1ccccc1I. The number of ether oxygens (including phenoxy) is 1. The van der Waals surface area contributed by atoms with Gasteiger partial charge in [-0.3, -0.25) is 4.79 Å². The van der Waals surface area contributed by atoms with Crippen molar-refractivity contribution in [3.63, 3.8) is 0 Å². The molecule has 5 heteroatoms. The van der Waals surface area contributed by atoms with Crippen LogP contribution in [-0.4, -0.2) is 18.4 Å². The zero-order valence-electron chi connectivity index (χ0n) is 17.7. The van der Waals surface area contributed by atoms with Gasteiger partial charge in [-0.25, -0.2) is 4.79 Å². The molecule has 1 aliphatic heterocycles. The van der Waals surface area contributed by atoms with E-state index in [0.717, 1.165) is 51.8 Å². The van der Waals surface area contributed by atoms with Crippen LogP contribution < -0.4 is 5.32 Å². The topological polar surface area (TPSA) is 55.4 Å². The van der Waals surface area contributed by atoms with Crippen molar-refractivity contribution in [2.24, 2.45) is 5.41 Å². The van der Waals surface area contributed by atoms with E-state index in [2.05, 4.69) is 48.7 Å². The number of unbranched alkanes of at least 4 members (excludes halogenated alkanes) is 2. The molecule has 0 radical (unpaired) electrons. The summed E-state index contributed by atoms with van der Waals surface area (Å²) in [6.07, 6.45) is 4.25. The Hall–Kier alpha value is -1.63. The summed E-state index contributed by atoms with van der Waals surface area (Å²) in [6.45, 7) is 8.69. The number of carbonyl (C=O) groups excluding carboxylic acids is 2. The van der Waals surface area contributed by atoms with Crippen LogP contribution in [0.15, 0.2) is 46.8 Å². The van der Waals surface area contributed by atoms with E-state index in [9.17, 15) is 9.59 Å². The molecule has 1 atom stereocenters. The largest absolute Gasteiger partial charge is 0.462 e. The molecule has 0 saturated carbocycles. The Balaban J connectivity index is 2.05. The molecule has 1 N–H and O–H groups in total. The molecule has 1 unspecified atom stereocenters. The first-order chi connectivity index (χ1) is 13.7. The van der Waals surface area contributed by atoms with E-state index in [1.165, 1.54) is 0 Å². The highest BCUT2D eigenvalue weighted by atomic mass is 127. The number of rotatable bonds is 6. The van der Waals surface area contributed by atoms with Crippen molar-refractivity contribution in [3.05, 3.63) is 55.9 Å². The average Bonchev–Trinajstić information content (AvgIpc) is 2.63. The van der Waals surface area contributed by atoms with Crippen molar-refractivity contribution in [3.8, 4) is 0 Å². The molecule has 2 aliphatic rings. The van der Waals surface area contributed by atoms with Crippen LogP contribution in [0.2, 0.25) is 0 Å². The zero-order valence-corrected chi connectivity index (χ0v) is 19.9. The number of hydrogen-bond acceptors (Lipinski definition) is 4. The molecule has 0 aromatic heterocycles. The predicted octanol–water partition coefficient (Wildman–Crippen LogP) is 5.63. The maximum Gasteiger partial charge on any atom is 0.336 e. The number of allylic oxidation sites excluding steroid dienone is 3. The van der Waals surface area contributed by atoms with E-state index in [4.69, 9.17) is 4.74 Å². The van der Waals surface area contributed by atoms with E-state index in [1.54, 1.807) is 0 Å². The normalized spacial score (nSPS) is 21.0.